The first kappa shape index (κ1) is 27.4. The average molecular weight is 586 g/mol. The van der Waals surface area contributed by atoms with Crippen molar-refractivity contribution in [1.29, 1.82) is 0 Å². The van der Waals surface area contributed by atoms with Crippen molar-refractivity contribution < 1.29 is 22.7 Å². The topological polar surface area (TPSA) is 88.2 Å². The summed E-state index contributed by atoms with van der Waals surface area (Å²) < 4.78 is 41.0. The number of nitrogens with one attached hydrogen (secondary N) is 1. The molecule has 0 aliphatic carbocycles. The van der Waals surface area contributed by atoms with Gasteiger partial charge in [0.05, 0.1) is 29.6 Å². The lowest BCUT2D eigenvalue weighted by Crippen LogP contribution is -2.56. The van der Waals surface area contributed by atoms with Crippen LogP contribution in [-0.2, 0) is 15.4 Å². The van der Waals surface area contributed by atoms with Crippen molar-refractivity contribution in [2.45, 2.75) is 49.8 Å². The lowest BCUT2D eigenvalue weighted by molar-refractivity contribution is 0.0980. The fraction of sp³-hybridized carbons (Fsp3) is 0.500. The van der Waals surface area contributed by atoms with E-state index in [2.05, 4.69) is 26.7 Å². The SMILES string of the molecule is C[C@@H]1[C@@H](C)C/C=C/CN2CC[C@H]2CN2CC3(CCOc4cc(Cl)ccc43)COc3ccc(cc32)C(=O)NS1(=O)=O. The summed E-state index contributed by atoms with van der Waals surface area (Å²) >= 11 is 6.30. The van der Waals surface area contributed by atoms with Gasteiger partial charge in [-0.2, -0.15) is 0 Å². The summed E-state index contributed by atoms with van der Waals surface area (Å²) in [6, 6.07) is 11.4. The highest BCUT2D eigenvalue weighted by Gasteiger charge is 2.44. The van der Waals surface area contributed by atoms with Gasteiger partial charge in [0.15, 0.2) is 0 Å². The van der Waals surface area contributed by atoms with E-state index in [-0.39, 0.29) is 11.3 Å². The van der Waals surface area contributed by atoms with Crippen LogP contribution in [0, 0.1) is 5.92 Å². The predicted molar refractivity (Wildman–Crippen MR) is 156 cm³/mol. The number of hydrogen-bond acceptors (Lipinski definition) is 7. The van der Waals surface area contributed by atoms with Crippen LogP contribution in [-0.4, -0.2) is 69.9 Å². The molecule has 8 nitrogen and oxygen atoms in total. The molecule has 10 heteroatoms. The molecule has 1 unspecified atom stereocenters. The van der Waals surface area contributed by atoms with Crippen molar-refractivity contribution in [3.8, 4) is 11.5 Å². The monoisotopic (exact) mass is 585 g/mol. The number of fused-ring (bicyclic) bond motifs is 4. The van der Waals surface area contributed by atoms with Crippen molar-refractivity contribution in [1.82, 2.24) is 9.62 Å². The standard InChI is InChI=1S/C30H36ClN3O5S/c1-20-5-3-4-12-33-13-10-24(33)17-34-18-30(11-14-38-28-16-23(31)7-8-25(28)30)19-39-27-9-6-22(15-26(27)34)29(35)32-40(36,37)21(20)2/h3-4,6-9,15-16,20-21,24H,5,10-14,17-19H2,1-2H3,(H,32,35)/b4-3+/t20-,21+,24-,30?/m0/s1. The van der Waals surface area contributed by atoms with Crippen LogP contribution in [0.1, 0.15) is 49.0 Å². The molecule has 1 saturated heterocycles. The van der Waals surface area contributed by atoms with Crippen LogP contribution in [0.5, 0.6) is 11.5 Å². The van der Waals surface area contributed by atoms with Gasteiger partial charge in [-0.1, -0.05) is 36.7 Å². The molecule has 0 radical (unpaired) electrons. The maximum Gasteiger partial charge on any atom is 0.264 e. The number of carbonyl (C=O) groups excluding carboxylic acids is 1. The number of ether oxygens (including phenoxy) is 2. The molecular weight excluding hydrogens is 550 g/mol. The van der Waals surface area contributed by atoms with Gasteiger partial charge in [-0.25, -0.2) is 13.1 Å². The fourth-order valence-corrected chi connectivity index (χ4v) is 7.70. The Bertz CT molecular complexity index is 1450. The van der Waals surface area contributed by atoms with Gasteiger partial charge in [0.1, 0.15) is 11.5 Å². The van der Waals surface area contributed by atoms with E-state index in [1.807, 2.05) is 25.1 Å². The van der Waals surface area contributed by atoms with Gasteiger partial charge in [-0.3, -0.25) is 9.69 Å². The van der Waals surface area contributed by atoms with Crippen molar-refractivity contribution >= 4 is 33.2 Å². The second kappa shape index (κ2) is 10.6. The van der Waals surface area contributed by atoms with Gasteiger partial charge in [0, 0.05) is 48.4 Å². The number of carbonyl (C=O) groups is 1. The lowest BCUT2D eigenvalue weighted by atomic mass is 9.76. The lowest BCUT2D eigenvalue weighted by Gasteiger charge is -2.46. The normalized spacial score (nSPS) is 30.9. The van der Waals surface area contributed by atoms with Gasteiger partial charge in [-0.05, 0) is 62.4 Å². The fourth-order valence-electron chi connectivity index (χ4n) is 6.26. The minimum Gasteiger partial charge on any atom is -0.493 e. The molecule has 1 amide bonds. The molecule has 40 heavy (non-hydrogen) atoms. The molecule has 4 aliphatic rings. The number of benzene rings is 2. The van der Waals surface area contributed by atoms with Gasteiger partial charge < -0.3 is 14.4 Å². The number of anilines is 1. The van der Waals surface area contributed by atoms with Gasteiger partial charge in [0.2, 0.25) is 10.0 Å². The minimum absolute atomic E-state index is 0.133. The van der Waals surface area contributed by atoms with Crippen LogP contribution >= 0.6 is 11.6 Å². The molecule has 4 aliphatic heterocycles. The Morgan fingerprint density at radius 2 is 1.93 bits per heavy atom. The molecule has 1 N–H and O–H groups in total. The molecule has 2 aromatic carbocycles. The number of halogens is 1. The van der Waals surface area contributed by atoms with Crippen molar-refractivity contribution in [2.24, 2.45) is 5.92 Å². The summed E-state index contributed by atoms with van der Waals surface area (Å²) in [6.07, 6.45) is 6.72. The number of rotatable bonds is 0. The Hall–Kier alpha value is -2.75. The van der Waals surface area contributed by atoms with E-state index in [0.717, 1.165) is 49.5 Å². The van der Waals surface area contributed by atoms with Crippen LogP contribution < -0.4 is 19.1 Å². The van der Waals surface area contributed by atoms with Crippen LogP contribution in [0.25, 0.3) is 0 Å². The Kier molecular flexibility index (Phi) is 7.25. The van der Waals surface area contributed by atoms with E-state index < -0.39 is 21.2 Å². The van der Waals surface area contributed by atoms with Crippen LogP contribution in [0.3, 0.4) is 0 Å². The summed E-state index contributed by atoms with van der Waals surface area (Å²) in [7, 11) is -3.86. The summed E-state index contributed by atoms with van der Waals surface area (Å²) in [5, 5.41) is -0.0838. The van der Waals surface area contributed by atoms with E-state index >= 15 is 0 Å². The van der Waals surface area contributed by atoms with E-state index in [1.165, 1.54) is 0 Å². The predicted octanol–water partition coefficient (Wildman–Crippen LogP) is 4.38. The molecule has 214 valence electrons. The summed E-state index contributed by atoms with van der Waals surface area (Å²) in [5.41, 5.74) is 1.84. The zero-order valence-electron chi connectivity index (χ0n) is 22.9. The molecule has 4 atom stereocenters. The number of sulfonamides is 1. The molecule has 6 rings (SSSR count). The third-order valence-corrected chi connectivity index (χ3v) is 11.3. The number of nitrogens with zero attached hydrogens (tertiary/aromatic N) is 2. The van der Waals surface area contributed by atoms with Crippen LogP contribution in [0.4, 0.5) is 5.69 Å². The maximum absolute atomic E-state index is 13.3. The highest BCUT2D eigenvalue weighted by molar-refractivity contribution is 7.90. The highest BCUT2D eigenvalue weighted by atomic mass is 35.5. The van der Waals surface area contributed by atoms with E-state index in [1.54, 1.807) is 25.1 Å². The van der Waals surface area contributed by atoms with Gasteiger partial charge in [0.25, 0.3) is 5.91 Å². The first-order valence-electron chi connectivity index (χ1n) is 14.0. The third-order valence-electron chi connectivity index (χ3n) is 9.15. The zero-order chi connectivity index (χ0) is 28.1. The molecule has 1 fully saturated rings. The summed E-state index contributed by atoms with van der Waals surface area (Å²) in [5.74, 6) is 0.713. The van der Waals surface area contributed by atoms with Gasteiger partial charge >= 0.3 is 0 Å². The van der Waals surface area contributed by atoms with Crippen molar-refractivity contribution in [3.63, 3.8) is 0 Å². The Morgan fingerprint density at radius 1 is 1.07 bits per heavy atom. The van der Waals surface area contributed by atoms with Crippen LogP contribution in [0.15, 0.2) is 48.6 Å². The summed E-state index contributed by atoms with van der Waals surface area (Å²) in [6.45, 7) is 7.88. The number of amides is 1. The first-order valence-corrected chi connectivity index (χ1v) is 16.0. The molecular formula is C30H36ClN3O5S. The zero-order valence-corrected chi connectivity index (χ0v) is 24.5. The number of hydrogen-bond donors (Lipinski definition) is 1. The number of allylic oxidation sites excluding steroid dienone is 1. The minimum atomic E-state index is -3.86. The summed E-state index contributed by atoms with van der Waals surface area (Å²) in [4.78, 5) is 18.1. The molecule has 4 heterocycles. The first-order chi connectivity index (χ1) is 19.1. The second-order valence-electron chi connectivity index (χ2n) is 11.7. The van der Waals surface area contributed by atoms with Crippen LogP contribution in [0.2, 0.25) is 5.02 Å². The molecule has 0 aromatic heterocycles. The average Bonchev–Trinajstić information content (AvgIpc) is 3.06. The van der Waals surface area contributed by atoms with E-state index in [0.29, 0.717) is 48.6 Å². The molecule has 1 spiro atoms. The van der Waals surface area contributed by atoms with Gasteiger partial charge in [-0.15, -0.1) is 0 Å². The van der Waals surface area contributed by atoms with Crippen molar-refractivity contribution in [3.05, 3.63) is 64.7 Å². The highest BCUT2D eigenvalue weighted by Crippen LogP contribution is 2.45. The smallest absolute Gasteiger partial charge is 0.264 e. The van der Waals surface area contributed by atoms with E-state index in [9.17, 15) is 13.2 Å². The molecule has 2 aromatic rings. The second-order valence-corrected chi connectivity index (χ2v) is 14.1. The third kappa shape index (κ3) is 5.08. The molecule has 0 saturated carbocycles. The molecule has 2 bridgehead atoms. The maximum atomic E-state index is 13.3. The Balaban J connectivity index is 1.41. The Labute approximate surface area is 241 Å². The largest absolute Gasteiger partial charge is 0.493 e. The van der Waals surface area contributed by atoms with Crippen molar-refractivity contribution in [2.75, 3.05) is 44.3 Å². The van der Waals surface area contributed by atoms with E-state index in [4.69, 9.17) is 21.1 Å². The Morgan fingerprint density at radius 3 is 2.73 bits per heavy atom. The quantitative estimate of drug-likeness (QED) is 0.459.